The number of carbonyl (C=O) groups excluding carboxylic acids is 3. The van der Waals surface area contributed by atoms with Gasteiger partial charge in [-0.3, -0.25) is 14.1 Å². The van der Waals surface area contributed by atoms with Gasteiger partial charge in [0.05, 0.1) is 12.2 Å². The summed E-state index contributed by atoms with van der Waals surface area (Å²) in [6, 6.07) is -0.889. The van der Waals surface area contributed by atoms with Gasteiger partial charge >= 0.3 is 16.4 Å². The Morgan fingerprint density at radius 2 is 2.00 bits per heavy atom. The number of amides is 4. The van der Waals surface area contributed by atoms with Gasteiger partial charge in [-0.2, -0.15) is 13.5 Å². The van der Waals surface area contributed by atoms with Gasteiger partial charge in [-0.25, -0.2) is 4.79 Å². The van der Waals surface area contributed by atoms with E-state index in [1.54, 1.807) is 0 Å². The Labute approximate surface area is 147 Å². The quantitative estimate of drug-likeness (QED) is 0.391. The number of phenols is 1. The fourth-order valence-electron chi connectivity index (χ4n) is 3.14. The van der Waals surface area contributed by atoms with Crippen LogP contribution in [0.15, 0.2) is 12.1 Å². The van der Waals surface area contributed by atoms with E-state index in [0.717, 1.165) is 11.0 Å². The molecule has 2 atom stereocenters. The molecule has 0 aliphatic carbocycles. The minimum atomic E-state index is -5.01. The van der Waals surface area contributed by atoms with Crippen LogP contribution in [0.2, 0.25) is 0 Å². The third kappa shape index (κ3) is 2.91. The van der Waals surface area contributed by atoms with Crippen molar-refractivity contribution in [3.05, 3.63) is 23.3 Å². The number of hydroxylamine groups is 2. The maximum absolute atomic E-state index is 12.4. The predicted octanol–water partition coefficient (Wildman–Crippen LogP) is -0.596. The lowest BCUT2D eigenvalue weighted by Gasteiger charge is -2.31. The Hall–Kier alpha value is -2.90. The Morgan fingerprint density at radius 3 is 2.54 bits per heavy atom. The molecule has 26 heavy (non-hydrogen) atoms. The zero-order valence-electron chi connectivity index (χ0n) is 13.2. The van der Waals surface area contributed by atoms with Crippen molar-refractivity contribution in [2.24, 2.45) is 5.73 Å². The number of anilines is 1. The van der Waals surface area contributed by atoms with Crippen molar-refractivity contribution in [3.63, 3.8) is 0 Å². The van der Waals surface area contributed by atoms with Gasteiger partial charge < -0.3 is 21.1 Å². The minimum Gasteiger partial charge on any atom is -0.506 e. The summed E-state index contributed by atoms with van der Waals surface area (Å²) >= 11 is 0. The molecule has 2 heterocycles. The van der Waals surface area contributed by atoms with Crippen molar-refractivity contribution in [1.82, 2.24) is 9.96 Å². The van der Waals surface area contributed by atoms with Crippen LogP contribution in [0.5, 0.6) is 5.75 Å². The average Bonchev–Trinajstić information content (AvgIpc) is 2.74. The van der Waals surface area contributed by atoms with E-state index in [2.05, 4.69) is 9.60 Å². The highest BCUT2D eigenvalue weighted by molar-refractivity contribution is 7.80. The summed E-state index contributed by atoms with van der Waals surface area (Å²) in [4.78, 5) is 36.5. The SMILES string of the molecule is CC(=O)Nc1cc2c(cc1O)[C@@H]1CN(C(=O)N1OS(=O)(=O)O)[C@H]2C(N)=O. The van der Waals surface area contributed by atoms with Crippen molar-refractivity contribution in [3.8, 4) is 5.75 Å². The first-order chi connectivity index (χ1) is 12.0. The van der Waals surface area contributed by atoms with E-state index in [1.807, 2.05) is 0 Å². The number of phenolic OH excluding ortho intramolecular Hbond substituents is 1. The summed E-state index contributed by atoms with van der Waals surface area (Å²) in [7, 11) is -5.01. The number of rotatable bonds is 4. The summed E-state index contributed by atoms with van der Waals surface area (Å²) in [6.45, 7) is 1.05. The van der Waals surface area contributed by atoms with Gasteiger partial charge in [0.2, 0.25) is 11.8 Å². The lowest BCUT2D eigenvalue weighted by atomic mass is 9.89. The molecule has 2 aliphatic heterocycles. The molecule has 12 nitrogen and oxygen atoms in total. The van der Waals surface area contributed by atoms with Crippen LogP contribution in [-0.2, 0) is 24.3 Å². The van der Waals surface area contributed by atoms with Crippen LogP contribution in [0.4, 0.5) is 10.5 Å². The van der Waals surface area contributed by atoms with Crippen LogP contribution in [0, 0.1) is 0 Å². The van der Waals surface area contributed by atoms with Crippen LogP contribution >= 0.6 is 0 Å². The first kappa shape index (κ1) is 17.9. The van der Waals surface area contributed by atoms with Gasteiger partial charge in [0, 0.05) is 6.92 Å². The second-order valence-electron chi connectivity index (χ2n) is 5.76. The molecule has 3 rings (SSSR count). The van der Waals surface area contributed by atoms with Crippen LogP contribution in [0.3, 0.4) is 0 Å². The second-order valence-corrected chi connectivity index (χ2v) is 6.77. The number of primary amides is 1. The van der Waals surface area contributed by atoms with Gasteiger partial charge in [0.25, 0.3) is 0 Å². The molecule has 0 saturated carbocycles. The Bertz CT molecular complexity index is 930. The van der Waals surface area contributed by atoms with Gasteiger partial charge in [0.15, 0.2) is 0 Å². The van der Waals surface area contributed by atoms with E-state index < -0.39 is 40.3 Å². The number of nitrogens with one attached hydrogen (secondary N) is 1. The molecule has 140 valence electrons. The zero-order chi connectivity index (χ0) is 19.4. The highest BCUT2D eigenvalue weighted by atomic mass is 32.3. The molecule has 0 unspecified atom stereocenters. The van der Waals surface area contributed by atoms with Crippen LogP contribution in [-0.4, -0.2) is 52.4 Å². The molecule has 13 heteroatoms. The number of aromatic hydroxyl groups is 1. The van der Waals surface area contributed by atoms with Crippen LogP contribution < -0.4 is 11.1 Å². The fourth-order valence-corrected chi connectivity index (χ4v) is 3.51. The number of hydrogen-bond donors (Lipinski definition) is 4. The summed E-state index contributed by atoms with van der Waals surface area (Å²) in [5.41, 5.74) is 5.74. The summed E-state index contributed by atoms with van der Waals surface area (Å²) in [5, 5.41) is 12.8. The smallest absolute Gasteiger partial charge is 0.418 e. The highest BCUT2D eigenvalue weighted by Crippen LogP contribution is 2.46. The first-order valence-electron chi connectivity index (χ1n) is 7.20. The molecule has 1 aromatic carbocycles. The van der Waals surface area contributed by atoms with Crippen molar-refractivity contribution in [2.75, 3.05) is 11.9 Å². The number of nitrogens with two attached hydrogens (primary N) is 1. The topological polar surface area (TPSA) is 180 Å². The van der Waals surface area contributed by atoms with Gasteiger partial charge in [0.1, 0.15) is 17.8 Å². The molecular weight excluding hydrogens is 372 g/mol. The molecule has 1 aromatic rings. The van der Waals surface area contributed by atoms with Crippen molar-refractivity contribution < 1.29 is 36.7 Å². The molecular formula is C13H14N4O8S. The van der Waals surface area contributed by atoms with E-state index in [-0.39, 0.29) is 29.1 Å². The largest absolute Gasteiger partial charge is 0.506 e. The minimum absolute atomic E-state index is 0.0142. The lowest BCUT2D eigenvalue weighted by Crippen LogP contribution is -2.41. The molecule has 1 saturated heterocycles. The summed E-state index contributed by atoms with van der Waals surface area (Å²) in [5.74, 6) is -1.77. The number of fused-ring (bicyclic) bond motifs is 4. The highest BCUT2D eigenvalue weighted by Gasteiger charge is 2.52. The standard InChI is InChI=1S/C13H14N4O8S/c1-5(18)15-8-2-7-6(3-10(8)19)9-4-16(11(7)12(14)20)13(21)17(9)25-26(22,23)24/h2-3,9,11,19H,4H2,1H3,(H2,14,20)(H,15,18)(H,22,23,24)/t9-,11+/m0/s1. The second kappa shape index (κ2) is 5.82. The Kier molecular flexibility index (Phi) is 4.01. The molecule has 0 radical (unpaired) electrons. The molecule has 0 aromatic heterocycles. The molecule has 2 aliphatic rings. The third-order valence-corrected chi connectivity index (χ3v) is 4.36. The van der Waals surface area contributed by atoms with E-state index in [0.29, 0.717) is 5.06 Å². The summed E-state index contributed by atoms with van der Waals surface area (Å²) in [6.07, 6.45) is 0. The van der Waals surface area contributed by atoms with Crippen LogP contribution in [0.25, 0.3) is 0 Å². The van der Waals surface area contributed by atoms with Gasteiger partial charge in [-0.05, 0) is 23.3 Å². The van der Waals surface area contributed by atoms with Gasteiger partial charge in [-0.1, -0.05) is 0 Å². The first-order valence-corrected chi connectivity index (χ1v) is 8.56. The number of carbonyl (C=O) groups is 3. The van der Waals surface area contributed by atoms with E-state index in [4.69, 9.17) is 10.3 Å². The molecule has 2 bridgehead atoms. The average molecular weight is 386 g/mol. The fraction of sp³-hybridized carbons (Fsp3) is 0.308. The monoisotopic (exact) mass is 386 g/mol. The Morgan fingerprint density at radius 1 is 1.35 bits per heavy atom. The third-order valence-electron chi connectivity index (χ3n) is 4.01. The summed E-state index contributed by atoms with van der Waals surface area (Å²) < 4.78 is 35.2. The Balaban J connectivity index is 2.16. The van der Waals surface area contributed by atoms with Crippen molar-refractivity contribution in [2.45, 2.75) is 19.0 Å². The number of hydrogen-bond acceptors (Lipinski definition) is 7. The molecule has 0 spiro atoms. The normalized spacial score (nSPS) is 21.5. The number of urea groups is 1. The lowest BCUT2D eigenvalue weighted by molar-refractivity contribution is -0.122. The van der Waals surface area contributed by atoms with Crippen molar-refractivity contribution in [1.29, 1.82) is 0 Å². The maximum atomic E-state index is 12.4. The molecule has 1 fully saturated rings. The van der Waals surface area contributed by atoms with Crippen LogP contribution in [0.1, 0.15) is 30.1 Å². The molecule has 5 N–H and O–H groups in total. The molecule has 4 amide bonds. The number of nitrogens with zero attached hydrogens (tertiary/aromatic N) is 2. The predicted molar refractivity (Wildman–Crippen MR) is 83.7 cm³/mol. The van der Waals surface area contributed by atoms with E-state index in [9.17, 15) is 27.9 Å². The zero-order valence-corrected chi connectivity index (χ0v) is 14.1. The van der Waals surface area contributed by atoms with Gasteiger partial charge in [-0.15, -0.1) is 4.28 Å². The van der Waals surface area contributed by atoms with E-state index >= 15 is 0 Å². The van der Waals surface area contributed by atoms with E-state index in [1.165, 1.54) is 13.0 Å². The maximum Gasteiger partial charge on any atom is 0.418 e. The number of benzene rings is 1. The van der Waals surface area contributed by atoms with Crippen molar-refractivity contribution >= 4 is 33.9 Å².